The lowest BCUT2D eigenvalue weighted by Gasteiger charge is -2.19. The van der Waals surface area contributed by atoms with Crippen LogP contribution in [0.15, 0.2) is 60.8 Å². The Morgan fingerprint density at radius 2 is 0.636 bits per heavy atom. The molecule has 0 radical (unpaired) electrons. The highest BCUT2D eigenvalue weighted by atomic mass is 16.3. The molecule has 0 heterocycles. The maximum atomic E-state index is 12.4. The zero-order chi connectivity index (χ0) is 47.7. The average Bonchev–Trinajstić information content (AvgIpc) is 3.32. The first kappa shape index (κ1) is 64.1. The zero-order valence-electron chi connectivity index (χ0n) is 44.5. The molecule has 386 valence electrons. The summed E-state index contributed by atoms with van der Waals surface area (Å²) in [4.78, 5) is 12.4. The molecule has 0 aliphatic rings. The molecule has 0 bridgehead atoms. The number of aliphatic hydroxyl groups excluding tert-OH is 2. The van der Waals surface area contributed by atoms with Crippen LogP contribution in [0.3, 0.4) is 0 Å². The maximum absolute atomic E-state index is 12.4. The van der Waals surface area contributed by atoms with E-state index in [1.807, 2.05) is 6.08 Å². The van der Waals surface area contributed by atoms with Crippen molar-refractivity contribution >= 4 is 5.91 Å². The van der Waals surface area contributed by atoms with Gasteiger partial charge >= 0.3 is 0 Å². The number of carbonyl (C=O) groups is 1. The molecule has 0 aromatic rings. The molecule has 0 saturated heterocycles. The van der Waals surface area contributed by atoms with Crippen LogP contribution < -0.4 is 5.32 Å². The van der Waals surface area contributed by atoms with E-state index in [2.05, 4.69) is 67.8 Å². The first-order valence-corrected chi connectivity index (χ1v) is 29.5. The van der Waals surface area contributed by atoms with Crippen LogP contribution in [0.2, 0.25) is 0 Å². The van der Waals surface area contributed by atoms with Gasteiger partial charge in [-0.1, -0.05) is 293 Å². The van der Waals surface area contributed by atoms with Crippen LogP contribution >= 0.6 is 0 Å². The Labute approximate surface area is 413 Å². The van der Waals surface area contributed by atoms with Gasteiger partial charge in [0.2, 0.25) is 5.91 Å². The normalized spacial score (nSPS) is 13.2. The average molecular weight is 923 g/mol. The highest BCUT2D eigenvalue weighted by molar-refractivity contribution is 5.76. The van der Waals surface area contributed by atoms with Crippen molar-refractivity contribution in [2.24, 2.45) is 0 Å². The van der Waals surface area contributed by atoms with Gasteiger partial charge in [-0.2, -0.15) is 0 Å². The molecule has 0 rings (SSSR count). The summed E-state index contributed by atoms with van der Waals surface area (Å²) in [5.74, 6) is -0.0707. The number of unbranched alkanes of at least 4 members (excludes halogenated alkanes) is 39. The summed E-state index contributed by atoms with van der Waals surface area (Å²) < 4.78 is 0. The van der Waals surface area contributed by atoms with Crippen LogP contribution in [0.25, 0.3) is 0 Å². The molecule has 66 heavy (non-hydrogen) atoms. The second-order valence-electron chi connectivity index (χ2n) is 20.1. The number of amides is 1. The van der Waals surface area contributed by atoms with E-state index in [0.717, 1.165) is 44.9 Å². The van der Waals surface area contributed by atoms with Gasteiger partial charge in [-0.05, 0) is 70.6 Å². The number of aliphatic hydroxyl groups is 2. The molecule has 0 spiro atoms. The van der Waals surface area contributed by atoms with Gasteiger partial charge in [-0.25, -0.2) is 0 Å². The second kappa shape index (κ2) is 57.4. The van der Waals surface area contributed by atoms with Crippen molar-refractivity contribution in [2.45, 2.75) is 321 Å². The van der Waals surface area contributed by atoms with E-state index in [9.17, 15) is 15.0 Å². The third kappa shape index (κ3) is 53.1. The number of hydrogen-bond acceptors (Lipinski definition) is 3. The molecular formula is C62H115NO3. The number of rotatable bonds is 54. The lowest BCUT2D eigenvalue weighted by molar-refractivity contribution is -0.123. The van der Waals surface area contributed by atoms with Crippen LogP contribution in [0.4, 0.5) is 0 Å². The van der Waals surface area contributed by atoms with Gasteiger partial charge in [0, 0.05) is 6.42 Å². The smallest absolute Gasteiger partial charge is 0.220 e. The lowest BCUT2D eigenvalue weighted by Crippen LogP contribution is -2.45. The molecule has 1 amide bonds. The minimum absolute atomic E-state index is 0.0707. The topological polar surface area (TPSA) is 69.6 Å². The number of hydrogen-bond donors (Lipinski definition) is 3. The molecule has 0 aromatic heterocycles. The highest BCUT2D eigenvalue weighted by Gasteiger charge is 2.18. The van der Waals surface area contributed by atoms with E-state index in [1.165, 1.54) is 244 Å². The standard InChI is InChI=1S/C62H115NO3/c1-3-5-7-9-11-13-15-17-18-19-20-21-22-23-24-25-26-27-28-29-30-31-32-33-34-35-36-37-38-39-40-41-42-43-44-46-48-50-52-54-56-58-62(66)63-60(59-64)61(65)57-55-53-51-49-47-45-16-14-12-10-8-6-4-2/h15,17,19-20,22-23,47,49,55,57,60-61,64-65H,3-14,16,18,21,24-46,48,50-54,56,58-59H2,1-2H3,(H,63,66)/b17-15-,20-19-,23-22-,49-47+,57-55+. The SMILES string of the molecule is CCCCCCC/C=C\C/C=C\C/C=C\CCCCCCCCCCCCCCCCCCCCCCCCCCCCC(=O)NC(CO)C(O)/C=C/CC/C=C/CCCCCCCCC. The van der Waals surface area contributed by atoms with Crippen molar-refractivity contribution < 1.29 is 15.0 Å². The van der Waals surface area contributed by atoms with E-state index < -0.39 is 12.1 Å². The van der Waals surface area contributed by atoms with Gasteiger partial charge < -0.3 is 15.5 Å². The first-order chi connectivity index (χ1) is 32.7. The monoisotopic (exact) mass is 922 g/mol. The summed E-state index contributed by atoms with van der Waals surface area (Å²) in [7, 11) is 0. The van der Waals surface area contributed by atoms with Crippen molar-refractivity contribution in [3.8, 4) is 0 Å². The molecule has 4 heteroatoms. The summed E-state index contributed by atoms with van der Waals surface area (Å²) in [5.41, 5.74) is 0. The van der Waals surface area contributed by atoms with Gasteiger partial charge in [0.25, 0.3) is 0 Å². The first-order valence-electron chi connectivity index (χ1n) is 29.5. The summed E-state index contributed by atoms with van der Waals surface area (Å²) in [6.07, 6.45) is 81.3. The molecule has 0 saturated carbocycles. The van der Waals surface area contributed by atoms with Crippen LogP contribution in [0.1, 0.15) is 309 Å². The molecular weight excluding hydrogens is 807 g/mol. The largest absolute Gasteiger partial charge is 0.394 e. The van der Waals surface area contributed by atoms with E-state index in [0.29, 0.717) is 6.42 Å². The quantitative estimate of drug-likeness (QED) is 0.0420. The van der Waals surface area contributed by atoms with Crippen LogP contribution in [-0.2, 0) is 4.79 Å². The van der Waals surface area contributed by atoms with E-state index in [-0.39, 0.29) is 12.5 Å². The fourth-order valence-electron chi connectivity index (χ4n) is 8.97. The van der Waals surface area contributed by atoms with Gasteiger partial charge in [-0.15, -0.1) is 0 Å². The van der Waals surface area contributed by atoms with Gasteiger partial charge in [0.15, 0.2) is 0 Å². The molecule has 3 N–H and O–H groups in total. The number of carbonyl (C=O) groups excluding carboxylic acids is 1. The van der Waals surface area contributed by atoms with Crippen molar-refractivity contribution in [2.75, 3.05) is 6.61 Å². The minimum atomic E-state index is -0.861. The summed E-state index contributed by atoms with van der Waals surface area (Å²) in [6.45, 7) is 4.29. The van der Waals surface area contributed by atoms with Crippen molar-refractivity contribution in [3.05, 3.63) is 60.8 Å². The van der Waals surface area contributed by atoms with Crippen LogP contribution in [0.5, 0.6) is 0 Å². The fourth-order valence-corrected chi connectivity index (χ4v) is 8.97. The van der Waals surface area contributed by atoms with Gasteiger partial charge in [0.1, 0.15) is 0 Å². The molecule has 2 atom stereocenters. The van der Waals surface area contributed by atoms with Gasteiger partial charge in [-0.3, -0.25) is 4.79 Å². The Balaban J connectivity index is 3.40. The highest BCUT2D eigenvalue weighted by Crippen LogP contribution is 2.17. The van der Waals surface area contributed by atoms with Crippen molar-refractivity contribution in [1.29, 1.82) is 0 Å². The van der Waals surface area contributed by atoms with Crippen molar-refractivity contribution in [1.82, 2.24) is 5.32 Å². The van der Waals surface area contributed by atoms with Crippen LogP contribution in [0, 0.1) is 0 Å². The summed E-state index contributed by atoms with van der Waals surface area (Å²) in [5, 5.41) is 23.0. The number of nitrogens with one attached hydrogen (secondary N) is 1. The predicted octanol–water partition coefficient (Wildman–Crippen LogP) is 19.6. The van der Waals surface area contributed by atoms with E-state index >= 15 is 0 Å². The predicted molar refractivity (Wildman–Crippen MR) is 294 cm³/mol. The lowest BCUT2D eigenvalue weighted by atomic mass is 10.0. The second-order valence-corrected chi connectivity index (χ2v) is 20.1. The molecule has 4 nitrogen and oxygen atoms in total. The molecule has 2 unspecified atom stereocenters. The fraction of sp³-hybridized carbons (Fsp3) is 0.823. The Morgan fingerprint density at radius 3 is 0.985 bits per heavy atom. The third-order valence-electron chi connectivity index (χ3n) is 13.5. The van der Waals surface area contributed by atoms with E-state index in [4.69, 9.17) is 0 Å². The number of allylic oxidation sites excluding steroid dienone is 9. The Hall–Kier alpha value is -1.91. The molecule has 0 aliphatic heterocycles. The Bertz CT molecular complexity index is 1090. The molecule has 0 fully saturated rings. The summed E-state index contributed by atoms with van der Waals surface area (Å²) in [6, 6.07) is -0.637. The molecule has 0 aliphatic carbocycles. The van der Waals surface area contributed by atoms with Gasteiger partial charge in [0.05, 0.1) is 18.8 Å². The summed E-state index contributed by atoms with van der Waals surface area (Å²) >= 11 is 0. The molecule has 0 aromatic carbocycles. The van der Waals surface area contributed by atoms with Crippen molar-refractivity contribution in [3.63, 3.8) is 0 Å². The Morgan fingerprint density at radius 1 is 0.364 bits per heavy atom. The minimum Gasteiger partial charge on any atom is -0.394 e. The zero-order valence-corrected chi connectivity index (χ0v) is 44.5. The van der Waals surface area contributed by atoms with E-state index in [1.54, 1.807) is 6.08 Å². The Kier molecular flexibility index (Phi) is 55.7. The maximum Gasteiger partial charge on any atom is 0.220 e. The van der Waals surface area contributed by atoms with Crippen LogP contribution in [-0.4, -0.2) is 34.9 Å². The third-order valence-corrected chi connectivity index (χ3v) is 13.5.